The Morgan fingerprint density at radius 3 is 2.43 bits per heavy atom. The van der Waals surface area contributed by atoms with Crippen molar-refractivity contribution in [3.05, 3.63) is 47.0 Å². The Bertz CT molecular complexity index is 695. The van der Waals surface area contributed by atoms with E-state index < -0.39 is 0 Å². The van der Waals surface area contributed by atoms with Gasteiger partial charge in [0.15, 0.2) is 0 Å². The first-order chi connectivity index (χ1) is 9.93. The van der Waals surface area contributed by atoms with E-state index in [0.717, 1.165) is 16.8 Å². The number of amides is 1. The Morgan fingerprint density at radius 2 is 1.90 bits per heavy atom. The summed E-state index contributed by atoms with van der Waals surface area (Å²) < 4.78 is 0. The van der Waals surface area contributed by atoms with E-state index >= 15 is 0 Å². The minimum atomic E-state index is -0.0325. The fourth-order valence-electron chi connectivity index (χ4n) is 2.09. The van der Waals surface area contributed by atoms with Crippen LogP contribution >= 0.6 is 11.6 Å². The average molecular weight is 302 g/mol. The number of benzene rings is 2. The summed E-state index contributed by atoms with van der Waals surface area (Å²) in [4.78, 5) is 12.9. The van der Waals surface area contributed by atoms with Crippen LogP contribution in [0.15, 0.2) is 36.4 Å². The third-order valence-electron chi connectivity index (χ3n) is 3.36. The summed E-state index contributed by atoms with van der Waals surface area (Å²) in [7, 11) is 1.72. The van der Waals surface area contributed by atoms with Crippen molar-refractivity contribution in [1.29, 1.82) is 5.41 Å². The number of nitrogens with two attached hydrogens (primary N) is 1. The number of carbonyl (C=O) groups is 1. The molecular weight excluding hydrogens is 286 g/mol. The molecule has 3 N–H and O–H groups in total. The summed E-state index contributed by atoms with van der Waals surface area (Å²) in [6.45, 7) is 1.51. The third kappa shape index (κ3) is 3.06. The number of nitrogens with zero attached hydrogens (tertiary/aromatic N) is 1. The number of hydrogen-bond donors (Lipinski definition) is 2. The van der Waals surface area contributed by atoms with Gasteiger partial charge in [-0.2, -0.15) is 0 Å². The van der Waals surface area contributed by atoms with Crippen LogP contribution in [0.25, 0.3) is 11.1 Å². The average Bonchev–Trinajstić information content (AvgIpc) is 2.46. The topological polar surface area (TPSA) is 70.2 Å². The van der Waals surface area contributed by atoms with E-state index in [2.05, 4.69) is 0 Å². The van der Waals surface area contributed by atoms with Gasteiger partial charge < -0.3 is 16.0 Å². The number of nitrogens with one attached hydrogen (secondary N) is 1. The molecule has 108 valence electrons. The zero-order valence-corrected chi connectivity index (χ0v) is 12.6. The lowest BCUT2D eigenvalue weighted by atomic mass is 9.98. The molecule has 0 unspecified atom stereocenters. The fraction of sp³-hybridized carbons (Fsp3) is 0.125. The number of nitrogen functional groups attached to an aromatic ring is 1. The van der Waals surface area contributed by atoms with Gasteiger partial charge in [-0.3, -0.25) is 4.79 Å². The molecule has 0 spiro atoms. The van der Waals surface area contributed by atoms with Gasteiger partial charge in [0.05, 0.1) is 0 Å². The molecule has 0 bridgehead atoms. The molecule has 0 saturated carbocycles. The van der Waals surface area contributed by atoms with Crippen LogP contribution in [0.1, 0.15) is 12.5 Å². The Kier molecular flexibility index (Phi) is 4.29. The van der Waals surface area contributed by atoms with E-state index in [9.17, 15) is 4.79 Å². The molecule has 0 heterocycles. The number of anilines is 2. The number of carbonyl (C=O) groups excluding carboxylic acids is 1. The van der Waals surface area contributed by atoms with Crippen LogP contribution in [0.4, 0.5) is 11.4 Å². The van der Waals surface area contributed by atoms with E-state index in [1.165, 1.54) is 13.1 Å². The first-order valence-corrected chi connectivity index (χ1v) is 6.76. The summed E-state index contributed by atoms with van der Waals surface area (Å²) in [5.41, 5.74) is 9.49. The van der Waals surface area contributed by atoms with Crippen LogP contribution in [0.5, 0.6) is 0 Å². The van der Waals surface area contributed by atoms with Gasteiger partial charge >= 0.3 is 0 Å². The minimum Gasteiger partial charge on any atom is -0.398 e. The van der Waals surface area contributed by atoms with Crippen molar-refractivity contribution in [3.8, 4) is 11.1 Å². The summed E-state index contributed by atoms with van der Waals surface area (Å²) in [5, 5.41) is 8.04. The van der Waals surface area contributed by atoms with Crippen molar-refractivity contribution in [1.82, 2.24) is 0 Å². The summed E-state index contributed by atoms with van der Waals surface area (Å²) in [6.07, 6.45) is 1.22. The maximum absolute atomic E-state index is 11.4. The smallest absolute Gasteiger partial charge is 0.223 e. The van der Waals surface area contributed by atoms with Crippen molar-refractivity contribution in [3.63, 3.8) is 0 Å². The van der Waals surface area contributed by atoms with E-state index in [1.807, 2.05) is 24.3 Å². The normalized spacial score (nSPS) is 10.2. The van der Waals surface area contributed by atoms with Gasteiger partial charge in [0.2, 0.25) is 5.91 Å². The largest absolute Gasteiger partial charge is 0.398 e. The highest BCUT2D eigenvalue weighted by molar-refractivity contribution is 6.31. The lowest BCUT2D eigenvalue weighted by molar-refractivity contribution is -0.116. The van der Waals surface area contributed by atoms with Crippen molar-refractivity contribution in [2.24, 2.45) is 0 Å². The first-order valence-electron chi connectivity index (χ1n) is 6.38. The van der Waals surface area contributed by atoms with Gasteiger partial charge in [-0.1, -0.05) is 23.7 Å². The molecule has 2 aromatic carbocycles. The molecule has 21 heavy (non-hydrogen) atoms. The van der Waals surface area contributed by atoms with Crippen LogP contribution in [-0.4, -0.2) is 19.2 Å². The van der Waals surface area contributed by atoms with E-state index in [4.69, 9.17) is 22.7 Å². The zero-order valence-electron chi connectivity index (χ0n) is 11.9. The van der Waals surface area contributed by atoms with Crippen molar-refractivity contribution in [2.45, 2.75) is 6.92 Å². The van der Waals surface area contributed by atoms with Gasteiger partial charge in [-0.05, 0) is 35.4 Å². The molecule has 0 aliphatic carbocycles. The minimum absolute atomic E-state index is 0.0325. The Hall–Kier alpha value is -2.33. The van der Waals surface area contributed by atoms with E-state index in [0.29, 0.717) is 16.3 Å². The summed E-state index contributed by atoms with van der Waals surface area (Å²) in [5.74, 6) is -0.0325. The second-order valence-corrected chi connectivity index (χ2v) is 5.16. The van der Waals surface area contributed by atoms with Gasteiger partial charge in [-0.25, -0.2) is 0 Å². The van der Waals surface area contributed by atoms with Gasteiger partial charge in [-0.15, -0.1) is 0 Å². The SMILES string of the molecule is CC(=O)N(C)c1ccc(-c2cc(Cl)cc(N)c2C=N)cc1. The van der Waals surface area contributed by atoms with Gasteiger partial charge in [0.25, 0.3) is 0 Å². The fourth-order valence-corrected chi connectivity index (χ4v) is 2.31. The molecule has 1 amide bonds. The first kappa shape index (κ1) is 15.1. The third-order valence-corrected chi connectivity index (χ3v) is 3.58. The van der Waals surface area contributed by atoms with Gasteiger partial charge in [0, 0.05) is 42.1 Å². The molecule has 2 aromatic rings. The highest BCUT2D eigenvalue weighted by atomic mass is 35.5. The lowest BCUT2D eigenvalue weighted by Crippen LogP contribution is -2.22. The Morgan fingerprint density at radius 1 is 1.29 bits per heavy atom. The van der Waals surface area contributed by atoms with Crippen LogP contribution in [0.2, 0.25) is 5.02 Å². The molecule has 0 saturated heterocycles. The predicted octanol–water partition coefficient (Wildman–Crippen LogP) is 3.57. The molecule has 0 aliphatic heterocycles. The van der Waals surface area contributed by atoms with Crippen LogP contribution in [0, 0.1) is 5.41 Å². The van der Waals surface area contributed by atoms with Gasteiger partial charge in [0.1, 0.15) is 0 Å². The molecule has 0 fully saturated rings. The molecule has 0 aromatic heterocycles. The Labute approximate surface area is 128 Å². The maximum Gasteiger partial charge on any atom is 0.223 e. The standard InChI is InChI=1S/C16H16ClN3O/c1-10(21)20(2)13-5-3-11(4-6-13)14-7-12(17)8-16(19)15(14)9-18/h3-9,18H,19H2,1-2H3. The van der Waals surface area contributed by atoms with Crippen molar-refractivity contribution < 1.29 is 4.79 Å². The molecular formula is C16H16ClN3O. The number of halogens is 1. The highest BCUT2D eigenvalue weighted by Crippen LogP contribution is 2.31. The molecule has 0 atom stereocenters. The van der Waals surface area contributed by atoms with Crippen LogP contribution in [0.3, 0.4) is 0 Å². The summed E-state index contributed by atoms with van der Waals surface area (Å²) in [6, 6.07) is 10.9. The quantitative estimate of drug-likeness (QED) is 0.672. The van der Waals surface area contributed by atoms with Crippen molar-refractivity contribution >= 4 is 35.1 Å². The van der Waals surface area contributed by atoms with Crippen LogP contribution < -0.4 is 10.6 Å². The predicted molar refractivity (Wildman–Crippen MR) is 88.3 cm³/mol. The zero-order chi connectivity index (χ0) is 15.6. The number of rotatable bonds is 3. The highest BCUT2D eigenvalue weighted by Gasteiger charge is 2.10. The molecule has 0 aliphatic rings. The summed E-state index contributed by atoms with van der Waals surface area (Å²) >= 11 is 6.04. The van der Waals surface area contributed by atoms with E-state index in [1.54, 1.807) is 24.1 Å². The Balaban J connectivity index is 2.48. The monoisotopic (exact) mass is 301 g/mol. The maximum atomic E-state index is 11.4. The second-order valence-electron chi connectivity index (χ2n) is 4.73. The second kappa shape index (κ2) is 5.97. The van der Waals surface area contributed by atoms with E-state index in [-0.39, 0.29) is 5.91 Å². The lowest BCUT2D eigenvalue weighted by Gasteiger charge is -2.16. The van der Waals surface area contributed by atoms with Crippen LogP contribution in [-0.2, 0) is 4.79 Å². The molecule has 2 rings (SSSR count). The number of hydrogen-bond acceptors (Lipinski definition) is 3. The molecule has 4 nitrogen and oxygen atoms in total. The van der Waals surface area contributed by atoms with Crippen molar-refractivity contribution in [2.75, 3.05) is 17.7 Å². The molecule has 0 radical (unpaired) electrons. The molecule has 5 heteroatoms.